The maximum absolute atomic E-state index is 12.6. The molecule has 0 bridgehead atoms. The number of rotatable bonds is 4. The number of carbonyl (C=O) groups excluding carboxylic acids is 1. The van der Waals surface area contributed by atoms with Crippen molar-refractivity contribution in [2.75, 3.05) is 43.5 Å². The van der Waals surface area contributed by atoms with E-state index in [1.807, 2.05) is 43.0 Å². The van der Waals surface area contributed by atoms with Crippen LogP contribution in [0.25, 0.3) is 0 Å². The van der Waals surface area contributed by atoms with E-state index in [0.717, 1.165) is 41.9 Å². The van der Waals surface area contributed by atoms with Gasteiger partial charge in [0.2, 0.25) is 0 Å². The molecule has 1 fully saturated rings. The predicted octanol–water partition coefficient (Wildman–Crippen LogP) is 3.58. The first-order valence-electron chi connectivity index (χ1n) is 9.69. The number of piperazine rings is 1. The van der Waals surface area contributed by atoms with E-state index in [4.69, 9.17) is 9.72 Å². The summed E-state index contributed by atoms with van der Waals surface area (Å²) in [5.41, 5.74) is 2.96. The van der Waals surface area contributed by atoms with Crippen molar-refractivity contribution in [3.63, 3.8) is 0 Å². The van der Waals surface area contributed by atoms with Crippen LogP contribution in [0.2, 0.25) is 0 Å². The number of aromatic nitrogens is 2. The molecule has 1 aromatic carbocycles. The molecule has 7 nitrogen and oxygen atoms in total. The lowest BCUT2D eigenvalue weighted by atomic mass is 10.0. The molecule has 0 unspecified atom stereocenters. The van der Waals surface area contributed by atoms with Crippen molar-refractivity contribution in [1.82, 2.24) is 14.9 Å². The summed E-state index contributed by atoms with van der Waals surface area (Å²) >= 11 is 0. The van der Waals surface area contributed by atoms with Gasteiger partial charge in [0.1, 0.15) is 17.4 Å². The molecule has 1 aromatic heterocycles. The van der Waals surface area contributed by atoms with Crippen molar-refractivity contribution in [3.8, 4) is 5.75 Å². The van der Waals surface area contributed by atoms with E-state index in [1.54, 1.807) is 7.11 Å². The highest BCUT2D eigenvalue weighted by molar-refractivity contribution is 5.89. The van der Waals surface area contributed by atoms with Crippen LogP contribution >= 0.6 is 0 Å². The molecule has 1 saturated heterocycles. The number of benzene rings is 1. The molecule has 1 aliphatic heterocycles. The lowest BCUT2D eigenvalue weighted by Gasteiger charge is -2.36. The molecular formula is C21H29N5O2. The minimum atomic E-state index is -0.0907. The van der Waals surface area contributed by atoms with Crippen LogP contribution in [0.15, 0.2) is 24.3 Å². The summed E-state index contributed by atoms with van der Waals surface area (Å²) in [6.07, 6.45) is 0. The third-order valence-electron chi connectivity index (χ3n) is 4.99. The van der Waals surface area contributed by atoms with Gasteiger partial charge in [-0.3, -0.25) is 0 Å². The maximum Gasteiger partial charge on any atom is 0.321 e. The van der Waals surface area contributed by atoms with E-state index >= 15 is 0 Å². The Bertz CT molecular complexity index is 845. The van der Waals surface area contributed by atoms with Crippen LogP contribution in [0.4, 0.5) is 16.3 Å². The van der Waals surface area contributed by atoms with Crippen LogP contribution in [-0.4, -0.2) is 54.2 Å². The Morgan fingerprint density at radius 3 is 2.50 bits per heavy atom. The van der Waals surface area contributed by atoms with E-state index < -0.39 is 0 Å². The molecule has 2 amide bonds. The largest absolute Gasteiger partial charge is 0.497 e. The molecule has 0 aliphatic carbocycles. The van der Waals surface area contributed by atoms with Crippen LogP contribution in [0.3, 0.4) is 0 Å². The van der Waals surface area contributed by atoms with E-state index in [-0.39, 0.29) is 6.03 Å². The van der Waals surface area contributed by atoms with E-state index in [2.05, 4.69) is 29.0 Å². The van der Waals surface area contributed by atoms with Crippen molar-refractivity contribution >= 4 is 17.5 Å². The Morgan fingerprint density at radius 2 is 1.86 bits per heavy atom. The first kappa shape index (κ1) is 19.9. The van der Waals surface area contributed by atoms with E-state index in [1.165, 1.54) is 5.56 Å². The van der Waals surface area contributed by atoms with Gasteiger partial charge in [-0.15, -0.1) is 0 Å². The van der Waals surface area contributed by atoms with Crippen molar-refractivity contribution in [2.24, 2.45) is 0 Å². The molecule has 1 aliphatic rings. The summed E-state index contributed by atoms with van der Waals surface area (Å²) in [5, 5.41) is 2.95. The number of hydrogen-bond donors (Lipinski definition) is 1. The minimum Gasteiger partial charge on any atom is -0.497 e. The average Bonchev–Trinajstić information content (AvgIpc) is 2.67. The van der Waals surface area contributed by atoms with E-state index in [0.29, 0.717) is 19.0 Å². The van der Waals surface area contributed by atoms with Gasteiger partial charge in [0.15, 0.2) is 0 Å². The van der Waals surface area contributed by atoms with Crippen molar-refractivity contribution in [2.45, 2.75) is 33.6 Å². The zero-order valence-corrected chi connectivity index (χ0v) is 17.3. The summed E-state index contributed by atoms with van der Waals surface area (Å²) in [7, 11) is 1.61. The average molecular weight is 383 g/mol. The lowest BCUT2D eigenvalue weighted by molar-refractivity contribution is 0.208. The zero-order chi connectivity index (χ0) is 20.3. The summed E-state index contributed by atoms with van der Waals surface area (Å²) in [5.74, 6) is 2.87. The fraction of sp³-hybridized carbons (Fsp3) is 0.476. The SMILES string of the molecule is COc1cccc(NC(=O)N2CCN(c3nc(C)nc(C)c3C(C)C)CC2)c1. The molecule has 0 radical (unpaired) electrons. The number of ether oxygens (including phenoxy) is 1. The van der Waals surface area contributed by atoms with Gasteiger partial charge >= 0.3 is 6.03 Å². The molecular weight excluding hydrogens is 354 g/mol. The van der Waals surface area contributed by atoms with Crippen molar-refractivity contribution in [1.29, 1.82) is 0 Å². The molecule has 1 N–H and O–H groups in total. The number of hydrogen-bond acceptors (Lipinski definition) is 5. The first-order valence-corrected chi connectivity index (χ1v) is 9.69. The Morgan fingerprint density at radius 1 is 1.14 bits per heavy atom. The van der Waals surface area contributed by atoms with Crippen LogP contribution < -0.4 is 15.0 Å². The van der Waals surface area contributed by atoms with Crippen LogP contribution in [0.5, 0.6) is 5.75 Å². The number of nitrogens with one attached hydrogen (secondary N) is 1. The Labute approximate surface area is 166 Å². The third kappa shape index (κ3) is 4.35. The van der Waals surface area contributed by atoms with Gasteiger partial charge in [-0.1, -0.05) is 19.9 Å². The van der Waals surface area contributed by atoms with Gasteiger partial charge < -0.3 is 19.9 Å². The zero-order valence-electron chi connectivity index (χ0n) is 17.3. The number of carbonyl (C=O) groups is 1. The normalized spacial score (nSPS) is 14.4. The summed E-state index contributed by atoms with van der Waals surface area (Å²) in [6.45, 7) is 11.1. The molecule has 150 valence electrons. The second-order valence-electron chi connectivity index (χ2n) is 7.38. The summed E-state index contributed by atoms with van der Waals surface area (Å²) < 4.78 is 5.21. The number of methoxy groups -OCH3 is 1. The Hall–Kier alpha value is -2.83. The second kappa shape index (κ2) is 8.46. The molecule has 3 rings (SSSR count). The highest BCUT2D eigenvalue weighted by Crippen LogP contribution is 2.29. The quantitative estimate of drug-likeness (QED) is 0.874. The lowest BCUT2D eigenvalue weighted by Crippen LogP contribution is -2.50. The first-order chi connectivity index (χ1) is 13.4. The number of urea groups is 1. The van der Waals surface area contributed by atoms with Crippen LogP contribution in [0, 0.1) is 13.8 Å². The van der Waals surface area contributed by atoms with Gasteiger partial charge in [-0.2, -0.15) is 0 Å². The van der Waals surface area contributed by atoms with Gasteiger partial charge in [0.25, 0.3) is 0 Å². The number of nitrogens with zero attached hydrogens (tertiary/aromatic N) is 4. The molecule has 2 aromatic rings. The Kier molecular flexibility index (Phi) is 6.02. The Balaban J connectivity index is 1.67. The molecule has 0 saturated carbocycles. The van der Waals surface area contributed by atoms with Gasteiger partial charge in [0, 0.05) is 49.2 Å². The maximum atomic E-state index is 12.6. The number of aryl methyl sites for hydroxylation is 2. The smallest absolute Gasteiger partial charge is 0.321 e. The monoisotopic (exact) mass is 383 g/mol. The number of amides is 2. The van der Waals surface area contributed by atoms with Crippen LogP contribution in [-0.2, 0) is 0 Å². The highest BCUT2D eigenvalue weighted by Gasteiger charge is 2.25. The summed E-state index contributed by atoms with van der Waals surface area (Å²) in [6, 6.07) is 7.30. The van der Waals surface area contributed by atoms with Crippen molar-refractivity contribution in [3.05, 3.63) is 41.3 Å². The highest BCUT2D eigenvalue weighted by atomic mass is 16.5. The second-order valence-corrected chi connectivity index (χ2v) is 7.38. The molecule has 28 heavy (non-hydrogen) atoms. The van der Waals surface area contributed by atoms with Gasteiger partial charge in [0.05, 0.1) is 7.11 Å². The molecule has 0 atom stereocenters. The molecule has 2 heterocycles. The standard InChI is InChI=1S/C21H29N5O2/c1-14(2)19-15(3)22-16(4)23-20(19)25-9-11-26(12-10-25)21(27)24-17-7-6-8-18(13-17)28-5/h6-8,13-14H,9-12H2,1-5H3,(H,24,27). The summed E-state index contributed by atoms with van der Waals surface area (Å²) in [4.78, 5) is 26.0. The minimum absolute atomic E-state index is 0.0907. The fourth-order valence-corrected chi connectivity index (χ4v) is 3.64. The van der Waals surface area contributed by atoms with E-state index in [9.17, 15) is 4.79 Å². The van der Waals surface area contributed by atoms with Gasteiger partial charge in [-0.05, 0) is 31.9 Å². The predicted molar refractivity (Wildman–Crippen MR) is 111 cm³/mol. The fourth-order valence-electron chi connectivity index (χ4n) is 3.64. The van der Waals surface area contributed by atoms with Crippen molar-refractivity contribution < 1.29 is 9.53 Å². The topological polar surface area (TPSA) is 70.6 Å². The van der Waals surface area contributed by atoms with Gasteiger partial charge in [-0.25, -0.2) is 14.8 Å². The molecule has 0 spiro atoms. The van der Waals surface area contributed by atoms with Crippen LogP contribution in [0.1, 0.15) is 36.8 Å². The molecule has 7 heteroatoms. The number of anilines is 2. The third-order valence-corrected chi connectivity index (χ3v) is 4.99.